The van der Waals surface area contributed by atoms with Crippen LogP contribution in [0.5, 0.6) is 5.75 Å². The molecule has 1 N–H and O–H groups in total. The van der Waals surface area contributed by atoms with E-state index in [1.54, 1.807) is 11.9 Å². The molecule has 2 aromatic rings. The molecule has 1 atom stereocenters. The van der Waals surface area contributed by atoms with Crippen LogP contribution >= 0.6 is 0 Å². The molecular weight excluding hydrogens is 352 g/mol. The summed E-state index contributed by atoms with van der Waals surface area (Å²) in [5, 5.41) is 2.66. The molecule has 2 aromatic carbocycles. The third kappa shape index (κ3) is 6.12. The molecule has 0 fully saturated rings. The highest BCUT2D eigenvalue weighted by molar-refractivity contribution is 5.88. The van der Waals surface area contributed by atoms with Crippen LogP contribution in [0.2, 0.25) is 0 Å². The summed E-state index contributed by atoms with van der Waals surface area (Å²) in [6, 6.07) is 15.3. The van der Waals surface area contributed by atoms with E-state index in [4.69, 9.17) is 4.74 Å². The van der Waals surface area contributed by atoms with Crippen LogP contribution < -0.4 is 10.1 Å². The van der Waals surface area contributed by atoms with E-state index >= 15 is 0 Å². The number of ether oxygens (including phenoxy) is 1. The normalized spacial score (nSPS) is 11.6. The lowest BCUT2D eigenvalue weighted by Crippen LogP contribution is -2.50. The SMILES string of the molecule is CC[C@H](C(=O)NC)N(CCc1ccccc1)C(=O)COc1cc(C)cc(C)c1. The maximum atomic E-state index is 12.9. The number of hydrogen-bond acceptors (Lipinski definition) is 3. The molecule has 0 heterocycles. The summed E-state index contributed by atoms with van der Waals surface area (Å²) in [6.07, 6.45) is 1.23. The van der Waals surface area contributed by atoms with E-state index in [2.05, 4.69) is 11.4 Å². The minimum Gasteiger partial charge on any atom is -0.484 e. The first-order valence-electron chi connectivity index (χ1n) is 9.70. The molecule has 5 nitrogen and oxygen atoms in total. The van der Waals surface area contributed by atoms with Crippen LogP contribution in [0.3, 0.4) is 0 Å². The van der Waals surface area contributed by atoms with E-state index in [0.29, 0.717) is 25.1 Å². The summed E-state index contributed by atoms with van der Waals surface area (Å²) in [5.41, 5.74) is 3.29. The lowest BCUT2D eigenvalue weighted by atomic mass is 10.1. The first kappa shape index (κ1) is 21.5. The van der Waals surface area contributed by atoms with Crippen molar-refractivity contribution in [3.63, 3.8) is 0 Å². The highest BCUT2D eigenvalue weighted by Crippen LogP contribution is 2.17. The van der Waals surface area contributed by atoms with Gasteiger partial charge in [0.25, 0.3) is 5.91 Å². The molecular formula is C23H30N2O3. The summed E-state index contributed by atoms with van der Waals surface area (Å²) in [7, 11) is 1.59. The Morgan fingerprint density at radius 3 is 2.29 bits per heavy atom. The Morgan fingerprint density at radius 2 is 1.71 bits per heavy atom. The van der Waals surface area contributed by atoms with Gasteiger partial charge in [0.05, 0.1) is 0 Å². The van der Waals surface area contributed by atoms with E-state index < -0.39 is 6.04 Å². The average Bonchev–Trinajstić information content (AvgIpc) is 2.69. The monoisotopic (exact) mass is 382 g/mol. The maximum Gasteiger partial charge on any atom is 0.261 e. The smallest absolute Gasteiger partial charge is 0.261 e. The van der Waals surface area contributed by atoms with Crippen LogP contribution in [0.4, 0.5) is 0 Å². The second-order valence-corrected chi connectivity index (χ2v) is 6.97. The third-order valence-electron chi connectivity index (χ3n) is 4.67. The molecule has 0 bridgehead atoms. The molecule has 0 radical (unpaired) electrons. The second-order valence-electron chi connectivity index (χ2n) is 6.97. The van der Waals surface area contributed by atoms with Crippen molar-refractivity contribution in [2.45, 2.75) is 39.7 Å². The van der Waals surface area contributed by atoms with Crippen molar-refractivity contribution in [3.05, 3.63) is 65.2 Å². The predicted octanol–water partition coefficient (Wildman–Crippen LogP) is 3.28. The van der Waals surface area contributed by atoms with Gasteiger partial charge >= 0.3 is 0 Å². The number of carbonyl (C=O) groups is 2. The zero-order valence-electron chi connectivity index (χ0n) is 17.2. The minimum atomic E-state index is -0.510. The van der Waals surface area contributed by atoms with Gasteiger partial charge in [-0.25, -0.2) is 0 Å². The Labute approximate surface area is 167 Å². The Bertz CT molecular complexity index is 769. The fourth-order valence-corrected chi connectivity index (χ4v) is 3.31. The highest BCUT2D eigenvalue weighted by atomic mass is 16.5. The van der Waals surface area contributed by atoms with Crippen LogP contribution in [0, 0.1) is 13.8 Å². The maximum absolute atomic E-state index is 12.9. The number of likely N-dealkylation sites (N-methyl/N-ethyl adjacent to an activating group) is 1. The minimum absolute atomic E-state index is 0.0921. The Morgan fingerprint density at radius 1 is 1.07 bits per heavy atom. The van der Waals surface area contributed by atoms with Crippen LogP contribution in [-0.4, -0.2) is 43.0 Å². The number of nitrogens with one attached hydrogen (secondary N) is 1. The lowest BCUT2D eigenvalue weighted by molar-refractivity contribution is -0.142. The molecule has 0 aliphatic heterocycles. The Kier molecular flexibility index (Phi) is 8.05. The van der Waals surface area contributed by atoms with Crippen LogP contribution in [0.25, 0.3) is 0 Å². The van der Waals surface area contributed by atoms with Crippen molar-refractivity contribution in [2.24, 2.45) is 0 Å². The first-order valence-corrected chi connectivity index (χ1v) is 9.70. The summed E-state index contributed by atoms with van der Waals surface area (Å²) < 4.78 is 5.75. The van der Waals surface area contributed by atoms with E-state index in [-0.39, 0.29) is 18.4 Å². The predicted molar refractivity (Wildman–Crippen MR) is 111 cm³/mol. The Balaban J connectivity index is 2.11. The molecule has 0 spiro atoms. The van der Waals surface area contributed by atoms with Gasteiger partial charge in [-0.3, -0.25) is 9.59 Å². The second kappa shape index (κ2) is 10.5. The van der Waals surface area contributed by atoms with Gasteiger partial charge < -0.3 is 15.0 Å². The molecule has 5 heteroatoms. The van der Waals surface area contributed by atoms with Crippen molar-refractivity contribution < 1.29 is 14.3 Å². The standard InChI is InChI=1S/C23H30N2O3/c1-5-21(23(27)24-4)25(12-11-19-9-7-6-8-10-19)22(26)16-28-20-14-17(2)13-18(3)15-20/h6-10,13-15,21H,5,11-12,16H2,1-4H3,(H,24,27)/t21-/m1/s1. The zero-order valence-corrected chi connectivity index (χ0v) is 17.2. The van der Waals surface area contributed by atoms with Crippen molar-refractivity contribution in [1.29, 1.82) is 0 Å². The highest BCUT2D eigenvalue weighted by Gasteiger charge is 2.27. The van der Waals surface area contributed by atoms with E-state index in [1.165, 1.54) is 0 Å². The number of rotatable bonds is 9. The fourth-order valence-electron chi connectivity index (χ4n) is 3.31. The van der Waals surface area contributed by atoms with Gasteiger partial charge in [-0.05, 0) is 55.5 Å². The third-order valence-corrected chi connectivity index (χ3v) is 4.67. The number of benzene rings is 2. The molecule has 0 saturated carbocycles. The zero-order chi connectivity index (χ0) is 20.5. The summed E-state index contributed by atoms with van der Waals surface area (Å²) in [6.45, 7) is 6.27. The van der Waals surface area contributed by atoms with Gasteiger partial charge in [-0.15, -0.1) is 0 Å². The van der Waals surface area contributed by atoms with Crippen molar-refractivity contribution in [3.8, 4) is 5.75 Å². The van der Waals surface area contributed by atoms with E-state index in [9.17, 15) is 9.59 Å². The molecule has 2 rings (SSSR count). The fraction of sp³-hybridized carbons (Fsp3) is 0.391. The summed E-state index contributed by atoms with van der Waals surface area (Å²) in [5.74, 6) is 0.322. The van der Waals surface area contributed by atoms with E-state index in [1.807, 2.05) is 63.2 Å². The van der Waals surface area contributed by atoms with Gasteiger partial charge in [0.2, 0.25) is 5.91 Å². The van der Waals surface area contributed by atoms with Gasteiger partial charge in [0, 0.05) is 13.6 Å². The Hall–Kier alpha value is -2.82. The number of hydrogen-bond donors (Lipinski definition) is 1. The molecule has 0 unspecified atom stereocenters. The number of amides is 2. The number of nitrogens with zero attached hydrogens (tertiary/aromatic N) is 1. The number of carbonyl (C=O) groups excluding carboxylic acids is 2. The molecule has 28 heavy (non-hydrogen) atoms. The largest absolute Gasteiger partial charge is 0.484 e. The molecule has 0 aliphatic carbocycles. The molecule has 0 saturated heterocycles. The van der Waals surface area contributed by atoms with Crippen molar-refractivity contribution >= 4 is 11.8 Å². The first-order chi connectivity index (χ1) is 13.4. The van der Waals surface area contributed by atoms with Crippen LogP contribution in [0.1, 0.15) is 30.0 Å². The van der Waals surface area contributed by atoms with Crippen LogP contribution in [-0.2, 0) is 16.0 Å². The molecule has 150 valence electrons. The topological polar surface area (TPSA) is 58.6 Å². The van der Waals surface area contributed by atoms with Gasteiger partial charge in [0.15, 0.2) is 6.61 Å². The van der Waals surface area contributed by atoms with E-state index in [0.717, 1.165) is 16.7 Å². The van der Waals surface area contributed by atoms with Gasteiger partial charge in [-0.1, -0.05) is 43.3 Å². The lowest BCUT2D eigenvalue weighted by Gasteiger charge is -2.30. The van der Waals surface area contributed by atoms with Gasteiger partial charge in [-0.2, -0.15) is 0 Å². The summed E-state index contributed by atoms with van der Waals surface area (Å²) >= 11 is 0. The van der Waals surface area contributed by atoms with Gasteiger partial charge in [0.1, 0.15) is 11.8 Å². The molecule has 0 aliphatic rings. The molecule has 0 aromatic heterocycles. The van der Waals surface area contributed by atoms with Crippen molar-refractivity contribution in [2.75, 3.05) is 20.2 Å². The summed E-state index contributed by atoms with van der Waals surface area (Å²) in [4.78, 5) is 26.9. The van der Waals surface area contributed by atoms with Crippen LogP contribution in [0.15, 0.2) is 48.5 Å². The molecule has 2 amide bonds. The average molecular weight is 383 g/mol. The van der Waals surface area contributed by atoms with Crippen molar-refractivity contribution in [1.82, 2.24) is 10.2 Å². The quantitative estimate of drug-likeness (QED) is 0.724. The number of aryl methyl sites for hydroxylation is 2.